The Balaban J connectivity index is 1.52. The largest absolute Gasteiger partial charge is 0.336 e. The van der Waals surface area contributed by atoms with Crippen LogP contribution in [0.5, 0.6) is 0 Å². The van der Waals surface area contributed by atoms with Crippen molar-refractivity contribution in [3.63, 3.8) is 0 Å². The highest BCUT2D eigenvalue weighted by molar-refractivity contribution is 5.94. The molecule has 22 heavy (non-hydrogen) atoms. The van der Waals surface area contributed by atoms with Crippen molar-refractivity contribution in [1.29, 1.82) is 0 Å². The number of anilines is 1. The van der Waals surface area contributed by atoms with E-state index in [1.54, 1.807) is 0 Å². The van der Waals surface area contributed by atoms with E-state index in [2.05, 4.69) is 30.1 Å². The maximum atomic E-state index is 12.5. The van der Waals surface area contributed by atoms with Crippen LogP contribution in [0.15, 0.2) is 24.3 Å². The smallest absolute Gasteiger partial charge is 0.322 e. The zero-order valence-corrected chi connectivity index (χ0v) is 13.7. The molecule has 0 radical (unpaired) electrons. The van der Waals surface area contributed by atoms with Gasteiger partial charge in [-0.05, 0) is 50.3 Å². The van der Waals surface area contributed by atoms with Crippen LogP contribution in [0, 0.1) is 5.92 Å². The number of hydrogen-bond acceptors (Lipinski definition) is 2. The maximum Gasteiger partial charge on any atom is 0.322 e. The number of para-hydroxylation sites is 1. The standard InChI is InChI=1S/C18H27N3O/c1-14-6-5-10-20(13-14)11-9-19-18(22)21-15(2)12-16-7-3-4-8-17(16)21/h3-4,7-8,14-15H,5-6,9-13H2,1-2H3,(H,19,22). The molecule has 1 saturated heterocycles. The van der Waals surface area contributed by atoms with Crippen molar-refractivity contribution in [2.75, 3.05) is 31.1 Å². The van der Waals surface area contributed by atoms with Crippen LogP contribution in [0.25, 0.3) is 0 Å². The minimum atomic E-state index is 0.0440. The van der Waals surface area contributed by atoms with Crippen LogP contribution in [-0.2, 0) is 6.42 Å². The quantitative estimate of drug-likeness (QED) is 0.932. The van der Waals surface area contributed by atoms with E-state index in [1.165, 1.54) is 31.5 Å². The summed E-state index contributed by atoms with van der Waals surface area (Å²) in [6.07, 6.45) is 3.57. The molecule has 2 atom stereocenters. The molecular weight excluding hydrogens is 274 g/mol. The summed E-state index contributed by atoms with van der Waals surface area (Å²) in [5, 5.41) is 3.10. The maximum absolute atomic E-state index is 12.5. The van der Waals surface area contributed by atoms with E-state index < -0.39 is 0 Å². The summed E-state index contributed by atoms with van der Waals surface area (Å²) < 4.78 is 0. The van der Waals surface area contributed by atoms with Crippen LogP contribution in [-0.4, -0.2) is 43.2 Å². The van der Waals surface area contributed by atoms with Gasteiger partial charge in [0.2, 0.25) is 0 Å². The lowest BCUT2D eigenvalue weighted by Crippen LogP contribution is -2.46. The minimum absolute atomic E-state index is 0.0440. The topological polar surface area (TPSA) is 35.6 Å². The summed E-state index contributed by atoms with van der Waals surface area (Å²) in [4.78, 5) is 16.9. The number of amides is 2. The van der Waals surface area contributed by atoms with Crippen molar-refractivity contribution in [2.45, 2.75) is 39.2 Å². The monoisotopic (exact) mass is 301 g/mol. The zero-order chi connectivity index (χ0) is 15.5. The van der Waals surface area contributed by atoms with Gasteiger partial charge in [-0.15, -0.1) is 0 Å². The summed E-state index contributed by atoms with van der Waals surface area (Å²) in [7, 11) is 0. The van der Waals surface area contributed by atoms with E-state index >= 15 is 0 Å². The number of likely N-dealkylation sites (tertiary alicyclic amines) is 1. The number of urea groups is 1. The summed E-state index contributed by atoms with van der Waals surface area (Å²) in [5.74, 6) is 0.787. The van der Waals surface area contributed by atoms with Crippen LogP contribution in [0.3, 0.4) is 0 Å². The Morgan fingerprint density at radius 1 is 1.32 bits per heavy atom. The van der Waals surface area contributed by atoms with Crippen LogP contribution in [0.4, 0.5) is 10.5 Å². The second-order valence-electron chi connectivity index (χ2n) is 6.83. The third kappa shape index (κ3) is 3.27. The molecular formula is C18H27N3O. The number of hydrogen-bond donors (Lipinski definition) is 1. The average Bonchev–Trinajstić information content (AvgIpc) is 2.83. The van der Waals surface area contributed by atoms with Crippen LogP contribution >= 0.6 is 0 Å². The van der Waals surface area contributed by atoms with E-state index in [9.17, 15) is 4.79 Å². The van der Waals surface area contributed by atoms with Gasteiger partial charge >= 0.3 is 6.03 Å². The van der Waals surface area contributed by atoms with Gasteiger partial charge in [0.1, 0.15) is 0 Å². The molecule has 120 valence electrons. The predicted octanol–water partition coefficient (Wildman–Crippen LogP) is 2.88. The first-order valence-electron chi connectivity index (χ1n) is 8.52. The first-order chi connectivity index (χ1) is 10.6. The molecule has 0 aromatic heterocycles. The second-order valence-corrected chi connectivity index (χ2v) is 6.83. The molecule has 4 heteroatoms. The molecule has 0 bridgehead atoms. The number of rotatable bonds is 3. The Kier molecular flexibility index (Phi) is 4.67. The summed E-state index contributed by atoms with van der Waals surface area (Å²) >= 11 is 0. The number of piperidine rings is 1. The van der Waals surface area contributed by atoms with Crippen LogP contribution < -0.4 is 10.2 Å². The number of nitrogens with zero attached hydrogens (tertiary/aromatic N) is 2. The molecule has 0 spiro atoms. The summed E-state index contributed by atoms with van der Waals surface area (Å²) in [6, 6.07) is 8.50. The third-order valence-corrected chi connectivity index (χ3v) is 4.87. The first-order valence-corrected chi connectivity index (χ1v) is 8.52. The molecule has 1 fully saturated rings. The molecule has 2 aliphatic heterocycles. The Morgan fingerprint density at radius 2 is 2.14 bits per heavy atom. The molecule has 1 aromatic carbocycles. The lowest BCUT2D eigenvalue weighted by atomic mass is 10.0. The Hall–Kier alpha value is -1.55. The van der Waals surface area contributed by atoms with Gasteiger partial charge < -0.3 is 10.2 Å². The molecule has 2 heterocycles. The van der Waals surface area contributed by atoms with Gasteiger partial charge in [0.05, 0.1) is 0 Å². The van der Waals surface area contributed by atoms with Crippen molar-refractivity contribution >= 4 is 11.7 Å². The number of nitrogens with one attached hydrogen (secondary N) is 1. The fraction of sp³-hybridized carbons (Fsp3) is 0.611. The summed E-state index contributed by atoms with van der Waals surface area (Å²) in [6.45, 7) is 8.46. The molecule has 2 aliphatic rings. The molecule has 1 aromatic rings. The SMILES string of the molecule is CC1CCCN(CCNC(=O)N2c3ccccc3CC2C)C1. The molecule has 1 N–H and O–H groups in total. The molecule has 2 amide bonds. The molecule has 2 unspecified atom stereocenters. The van der Waals surface area contributed by atoms with E-state index in [0.29, 0.717) is 0 Å². The fourth-order valence-electron chi connectivity index (χ4n) is 3.77. The number of carbonyl (C=O) groups is 1. The lowest BCUT2D eigenvalue weighted by molar-refractivity contribution is 0.184. The predicted molar refractivity (Wildman–Crippen MR) is 90.3 cm³/mol. The number of carbonyl (C=O) groups excluding carboxylic acids is 1. The van der Waals surface area contributed by atoms with Crippen molar-refractivity contribution in [1.82, 2.24) is 10.2 Å². The molecule has 0 aliphatic carbocycles. The van der Waals surface area contributed by atoms with Gasteiger partial charge in [-0.25, -0.2) is 4.79 Å². The molecule has 3 rings (SSSR count). The summed E-state index contributed by atoms with van der Waals surface area (Å²) in [5.41, 5.74) is 2.34. The Bertz CT molecular complexity index is 531. The molecule has 4 nitrogen and oxygen atoms in total. The van der Waals surface area contributed by atoms with E-state index in [1.807, 2.05) is 23.1 Å². The first kappa shape index (κ1) is 15.3. The highest BCUT2D eigenvalue weighted by atomic mass is 16.2. The van der Waals surface area contributed by atoms with Gasteiger partial charge in [-0.3, -0.25) is 4.90 Å². The third-order valence-electron chi connectivity index (χ3n) is 4.87. The van der Waals surface area contributed by atoms with Gasteiger partial charge in [0.25, 0.3) is 0 Å². The van der Waals surface area contributed by atoms with Gasteiger partial charge in [-0.1, -0.05) is 25.1 Å². The van der Waals surface area contributed by atoms with Crippen LogP contribution in [0.2, 0.25) is 0 Å². The lowest BCUT2D eigenvalue weighted by Gasteiger charge is -2.31. The van der Waals surface area contributed by atoms with Crippen molar-refractivity contribution in [2.24, 2.45) is 5.92 Å². The number of benzene rings is 1. The van der Waals surface area contributed by atoms with E-state index in [-0.39, 0.29) is 12.1 Å². The fourth-order valence-corrected chi connectivity index (χ4v) is 3.77. The zero-order valence-electron chi connectivity index (χ0n) is 13.7. The molecule has 0 saturated carbocycles. The van der Waals surface area contributed by atoms with Crippen LogP contribution in [0.1, 0.15) is 32.3 Å². The van der Waals surface area contributed by atoms with Crippen molar-refractivity contribution in [3.05, 3.63) is 29.8 Å². The minimum Gasteiger partial charge on any atom is -0.336 e. The Labute approximate surface area is 133 Å². The normalized spacial score (nSPS) is 25.1. The average molecular weight is 301 g/mol. The highest BCUT2D eigenvalue weighted by Crippen LogP contribution is 2.31. The van der Waals surface area contributed by atoms with Gasteiger partial charge in [-0.2, -0.15) is 0 Å². The van der Waals surface area contributed by atoms with Crippen molar-refractivity contribution in [3.8, 4) is 0 Å². The van der Waals surface area contributed by atoms with Gasteiger partial charge in [0, 0.05) is 31.4 Å². The second kappa shape index (κ2) is 6.69. The van der Waals surface area contributed by atoms with E-state index in [4.69, 9.17) is 0 Å². The van der Waals surface area contributed by atoms with Gasteiger partial charge in [0.15, 0.2) is 0 Å². The van der Waals surface area contributed by atoms with Crippen molar-refractivity contribution < 1.29 is 4.79 Å². The Morgan fingerprint density at radius 3 is 2.95 bits per heavy atom. The van der Waals surface area contributed by atoms with E-state index in [0.717, 1.165) is 31.1 Å². The number of fused-ring (bicyclic) bond motifs is 1. The highest BCUT2D eigenvalue weighted by Gasteiger charge is 2.30.